The predicted molar refractivity (Wildman–Crippen MR) is 99.0 cm³/mol. The van der Waals surface area contributed by atoms with Crippen LogP contribution in [0.1, 0.15) is 35.8 Å². The van der Waals surface area contributed by atoms with E-state index in [1.807, 2.05) is 31.2 Å². The van der Waals surface area contributed by atoms with Gasteiger partial charge in [0.05, 0.1) is 0 Å². The number of hydrogen-bond donors (Lipinski definition) is 1. The van der Waals surface area contributed by atoms with E-state index in [2.05, 4.69) is 22.1 Å². The fourth-order valence-corrected chi connectivity index (χ4v) is 3.21. The maximum absolute atomic E-state index is 12.5. The van der Waals surface area contributed by atoms with Crippen LogP contribution in [0.3, 0.4) is 0 Å². The zero-order chi connectivity index (χ0) is 17.1. The van der Waals surface area contributed by atoms with Crippen LogP contribution in [-0.2, 0) is 0 Å². The maximum atomic E-state index is 12.5. The van der Waals surface area contributed by atoms with Gasteiger partial charge in [-0.1, -0.05) is 24.6 Å². The molecule has 1 unspecified atom stereocenters. The van der Waals surface area contributed by atoms with Crippen LogP contribution < -0.4 is 10.2 Å². The summed E-state index contributed by atoms with van der Waals surface area (Å²) >= 11 is 6.11. The lowest BCUT2D eigenvalue weighted by Crippen LogP contribution is -2.34. The topological polar surface area (TPSA) is 45.2 Å². The van der Waals surface area contributed by atoms with Gasteiger partial charge in [-0.3, -0.25) is 9.78 Å². The first kappa shape index (κ1) is 16.8. The summed E-state index contributed by atoms with van der Waals surface area (Å²) in [6.45, 7) is 6.25. The van der Waals surface area contributed by atoms with Crippen molar-refractivity contribution in [3.05, 3.63) is 52.8 Å². The van der Waals surface area contributed by atoms with Crippen molar-refractivity contribution in [2.75, 3.05) is 23.3 Å². The highest BCUT2D eigenvalue weighted by Crippen LogP contribution is 2.24. The van der Waals surface area contributed by atoms with Crippen LogP contribution in [0, 0.1) is 12.8 Å². The number of pyridine rings is 1. The maximum Gasteiger partial charge on any atom is 0.274 e. The summed E-state index contributed by atoms with van der Waals surface area (Å²) in [5.74, 6) is 0.459. The molecular formula is C19H22ClN3O. The molecule has 1 aromatic carbocycles. The Bertz CT molecular complexity index is 747. The molecule has 0 spiro atoms. The van der Waals surface area contributed by atoms with Gasteiger partial charge >= 0.3 is 0 Å². The number of benzene rings is 1. The quantitative estimate of drug-likeness (QED) is 0.890. The lowest BCUT2D eigenvalue weighted by molar-refractivity contribution is 0.102. The minimum atomic E-state index is -0.221. The highest BCUT2D eigenvalue weighted by molar-refractivity contribution is 6.31. The third kappa shape index (κ3) is 3.88. The van der Waals surface area contributed by atoms with Gasteiger partial charge in [0.25, 0.3) is 5.91 Å². The van der Waals surface area contributed by atoms with Crippen LogP contribution in [0.5, 0.6) is 0 Å². The summed E-state index contributed by atoms with van der Waals surface area (Å²) < 4.78 is 0. The van der Waals surface area contributed by atoms with Crippen molar-refractivity contribution in [2.45, 2.75) is 26.7 Å². The molecule has 1 amide bonds. The van der Waals surface area contributed by atoms with Gasteiger partial charge in [-0.05, 0) is 55.5 Å². The Morgan fingerprint density at radius 3 is 2.92 bits per heavy atom. The molecular weight excluding hydrogens is 322 g/mol. The van der Waals surface area contributed by atoms with Crippen LogP contribution >= 0.6 is 11.6 Å². The van der Waals surface area contributed by atoms with E-state index in [0.717, 1.165) is 24.3 Å². The number of nitrogens with zero attached hydrogens (tertiary/aromatic N) is 2. The number of carbonyl (C=O) groups is 1. The molecule has 1 aliphatic rings. The number of amides is 1. The second-order valence-electron chi connectivity index (χ2n) is 6.51. The van der Waals surface area contributed by atoms with Gasteiger partial charge in [0, 0.05) is 35.7 Å². The molecule has 1 saturated heterocycles. The molecule has 1 aliphatic heterocycles. The Labute approximate surface area is 147 Å². The van der Waals surface area contributed by atoms with Gasteiger partial charge < -0.3 is 10.2 Å². The van der Waals surface area contributed by atoms with Crippen LogP contribution in [0.25, 0.3) is 0 Å². The van der Waals surface area contributed by atoms with E-state index in [9.17, 15) is 4.79 Å². The summed E-state index contributed by atoms with van der Waals surface area (Å²) in [6.07, 6.45) is 4.15. The number of carbonyl (C=O) groups excluding carboxylic acids is 1. The molecule has 1 atom stereocenters. The van der Waals surface area contributed by atoms with Gasteiger partial charge in [-0.25, -0.2) is 0 Å². The Morgan fingerprint density at radius 2 is 2.17 bits per heavy atom. The van der Waals surface area contributed by atoms with Gasteiger partial charge in [0.1, 0.15) is 5.69 Å². The highest BCUT2D eigenvalue weighted by Gasteiger charge is 2.18. The normalized spacial score (nSPS) is 17.6. The van der Waals surface area contributed by atoms with E-state index in [-0.39, 0.29) is 5.91 Å². The lowest BCUT2D eigenvalue weighted by atomic mass is 10.00. The monoisotopic (exact) mass is 343 g/mol. The fraction of sp³-hybridized carbons (Fsp3) is 0.368. The van der Waals surface area contributed by atoms with Crippen molar-refractivity contribution in [3.63, 3.8) is 0 Å². The summed E-state index contributed by atoms with van der Waals surface area (Å²) in [5, 5.41) is 3.50. The van der Waals surface area contributed by atoms with E-state index in [1.165, 1.54) is 12.8 Å². The standard InChI is InChI=1S/C19H22ClN3O/c1-13-4-3-9-23(12-13)16-7-8-21-18(11-16)19(24)22-15-6-5-14(2)17(20)10-15/h5-8,10-11,13H,3-4,9,12H2,1-2H3,(H,22,24). The largest absolute Gasteiger partial charge is 0.371 e. The number of rotatable bonds is 3. The molecule has 4 nitrogen and oxygen atoms in total. The summed E-state index contributed by atoms with van der Waals surface area (Å²) in [5.41, 5.74) is 3.13. The molecule has 3 rings (SSSR count). The minimum absolute atomic E-state index is 0.221. The van der Waals surface area contributed by atoms with Gasteiger partial charge in [-0.2, -0.15) is 0 Å². The molecule has 1 aromatic heterocycles. The Hall–Kier alpha value is -2.07. The Kier molecular flexibility index (Phi) is 5.05. The Morgan fingerprint density at radius 1 is 1.33 bits per heavy atom. The number of halogens is 1. The molecule has 0 aliphatic carbocycles. The Balaban J connectivity index is 1.75. The van der Waals surface area contributed by atoms with Crippen LogP contribution in [0.2, 0.25) is 5.02 Å². The highest BCUT2D eigenvalue weighted by atomic mass is 35.5. The smallest absolute Gasteiger partial charge is 0.274 e. The third-order valence-electron chi connectivity index (χ3n) is 4.43. The molecule has 1 N–H and O–H groups in total. The summed E-state index contributed by atoms with van der Waals surface area (Å²) in [6, 6.07) is 9.32. The summed E-state index contributed by atoms with van der Waals surface area (Å²) in [7, 11) is 0. The molecule has 1 fully saturated rings. The van der Waals surface area contributed by atoms with Gasteiger partial charge in [0.15, 0.2) is 0 Å². The van der Waals surface area contributed by atoms with E-state index in [4.69, 9.17) is 11.6 Å². The lowest BCUT2D eigenvalue weighted by Gasteiger charge is -2.32. The molecule has 24 heavy (non-hydrogen) atoms. The SMILES string of the molecule is Cc1ccc(NC(=O)c2cc(N3CCCC(C)C3)ccn2)cc1Cl. The molecule has 0 radical (unpaired) electrons. The van der Waals surface area contributed by atoms with Crippen LogP contribution in [0.4, 0.5) is 11.4 Å². The molecule has 2 heterocycles. The number of hydrogen-bond acceptors (Lipinski definition) is 3. The second kappa shape index (κ2) is 7.22. The van der Waals surface area contributed by atoms with E-state index >= 15 is 0 Å². The summed E-state index contributed by atoms with van der Waals surface area (Å²) in [4.78, 5) is 19.0. The van der Waals surface area contributed by atoms with Crippen molar-refractivity contribution >= 4 is 28.9 Å². The van der Waals surface area contributed by atoms with Crippen molar-refractivity contribution in [1.29, 1.82) is 0 Å². The van der Waals surface area contributed by atoms with Crippen molar-refractivity contribution in [1.82, 2.24) is 4.98 Å². The predicted octanol–water partition coefficient (Wildman–Crippen LogP) is 4.53. The number of aryl methyl sites for hydroxylation is 1. The van der Waals surface area contributed by atoms with E-state index < -0.39 is 0 Å². The molecule has 2 aromatic rings. The van der Waals surface area contributed by atoms with Gasteiger partial charge in [0.2, 0.25) is 0 Å². The first-order valence-corrected chi connectivity index (χ1v) is 8.69. The average Bonchev–Trinajstić information content (AvgIpc) is 2.58. The molecule has 5 heteroatoms. The number of nitrogens with one attached hydrogen (secondary N) is 1. The third-order valence-corrected chi connectivity index (χ3v) is 4.84. The van der Waals surface area contributed by atoms with Gasteiger partial charge in [-0.15, -0.1) is 0 Å². The molecule has 0 saturated carbocycles. The zero-order valence-corrected chi connectivity index (χ0v) is 14.8. The van der Waals surface area contributed by atoms with Crippen molar-refractivity contribution < 1.29 is 4.79 Å². The fourth-order valence-electron chi connectivity index (χ4n) is 3.03. The average molecular weight is 344 g/mol. The zero-order valence-electron chi connectivity index (χ0n) is 14.1. The minimum Gasteiger partial charge on any atom is -0.371 e. The number of aromatic nitrogens is 1. The van der Waals surface area contributed by atoms with Crippen molar-refractivity contribution in [3.8, 4) is 0 Å². The van der Waals surface area contributed by atoms with Crippen molar-refractivity contribution in [2.24, 2.45) is 5.92 Å². The molecule has 126 valence electrons. The second-order valence-corrected chi connectivity index (χ2v) is 6.92. The first-order chi connectivity index (χ1) is 11.5. The van der Waals surface area contributed by atoms with Crippen LogP contribution in [-0.4, -0.2) is 24.0 Å². The number of anilines is 2. The van der Waals surface area contributed by atoms with E-state index in [1.54, 1.807) is 12.3 Å². The first-order valence-electron chi connectivity index (χ1n) is 8.31. The molecule has 0 bridgehead atoms. The number of piperidine rings is 1. The van der Waals surface area contributed by atoms with Crippen LogP contribution in [0.15, 0.2) is 36.5 Å². The van der Waals surface area contributed by atoms with E-state index in [0.29, 0.717) is 22.3 Å².